The van der Waals surface area contributed by atoms with Crippen LogP contribution in [0.15, 0.2) is 40.8 Å². The summed E-state index contributed by atoms with van der Waals surface area (Å²) in [6.45, 7) is 1.93. The molecule has 0 saturated carbocycles. The number of sulfone groups is 1. The van der Waals surface area contributed by atoms with Gasteiger partial charge in [0.1, 0.15) is 6.20 Å². The van der Waals surface area contributed by atoms with Gasteiger partial charge in [0.15, 0.2) is 0 Å². The summed E-state index contributed by atoms with van der Waals surface area (Å²) in [5.74, 6) is 0. The van der Waals surface area contributed by atoms with E-state index in [0.717, 1.165) is 5.56 Å². The average Bonchev–Trinajstić information content (AvgIpc) is 2.15. The van der Waals surface area contributed by atoms with Gasteiger partial charge in [0.2, 0.25) is 9.84 Å². The highest BCUT2D eigenvalue weighted by molar-refractivity contribution is 7.94. The minimum atomic E-state index is -3.31. The Kier molecular flexibility index (Phi) is 3.55. The first-order valence-corrected chi connectivity index (χ1v) is 6.57. The smallest absolute Gasteiger partial charge is 0.204 e. The summed E-state index contributed by atoms with van der Waals surface area (Å²) < 4.78 is 24.3. The summed E-state index contributed by atoms with van der Waals surface area (Å²) >= 11 is 0. The van der Waals surface area contributed by atoms with Gasteiger partial charge in [-0.2, -0.15) is 0 Å². The van der Waals surface area contributed by atoms with E-state index in [0.29, 0.717) is 9.38 Å². The van der Waals surface area contributed by atoms with Gasteiger partial charge in [-0.05, 0) is 19.1 Å². The monoisotopic (exact) mass is 240 g/mol. The summed E-state index contributed by atoms with van der Waals surface area (Å²) in [7, 11) is 2.41. The highest BCUT2D eigenvalue weighted by atomic mass is 32.2. The van der Waals surface area contributed by atoms with E-state index in [2.05, 4.69) is 0 Å². The van der Waals surface area contributed by atoms with Gasteiger partial charge in [-0.3, -0.25) is 0 Å². The van der Waals surface area contributed by atoms with E-state index < -0.39 is 9.84 Å². The van der Waals surface area contributed by atoms with E-state index in [1.807, 2.05) is 28.1 Å². The van der Waals surface area contributed by atoms with Gasteiger partial charge < -0.3 is 4.48 Å². The second-order valence-electron chi connectivity index (χ2n) is 4.76. The van der Waals surface area contributed by atoms with Crippen molar-refractivity contribution in [2.24, 2.45) is 0 Å². The second-order valence-corrected chi connectivity index (χ2v) is 6.59. The van der Waals surface area contributed by atoms with Crippen molar-refractivity contribution in [1.29, 1.82) is 0 Å². The normalized spacial score (nSPS) is 13.2. The Morgan fingerprint density at radius 2 is 1.56 bits per heavy atom. The molecule has 0 saturated heterocycles. The van der Waals surface area contributed by atoms with Crippen molar-refractivity contribution in [3.05, 3.63) is 41.4 Å². The Hall–Kier alpha value is -1.13. The van der Waals surface area contributed by atoms with Gasteiger partial charge in [0.05, 0.1) is 31.4 Å². The number of aryl methyl sites for hydroxylation is 1. The molecule has 0 spiro atoms. The maximum Gasteiger partial charge on any atom is 0.204 e. The van der Waals surface area contributed by atoms with Crippen molar-refractivity contribution in [1.82, 2.24) is 0 Å². The van der Waals surface area contributed by atoms with Crippen LogP contribution in [-0.4, -0.2) is 34.0 Å². The van der Waals surface area contributed by atoms with E-state index >= 15 is 0 Å². The zero-order valence-electron chi connectivity index (χ0n) is 10.1. The van der Waals surface area contributed by atoms with Crippen LogP contribution in [0.4, 0.5) is 0 Å². The van der Waals surface area contributed by atoms with Crippen LogP contribution >= 0.6 is 0 Å². The highest BCUT2D eigenvalue weighted by Gasteiger charge is 2.12. The highest BCUT2D eigenvalue weighted by Crippen LogP contribution is 2.13. The van der Waals surface area contributed by atoms with Crippen LogP contribution in [0, 0.1) is 6.92 Å². The quantitative estimate of drug-likeness (QED) is 0.757. The summed E-state index contributed by atoms with van der Waals surface area (Å²) in [6.07, 6.45) is 1.65. The van der Waals surface area contributed by atoms with Crippen molar-refractivity contribution in [3.63, 3.8) is 0 Å². The third-order valence-electron chi connectivity index (χ3n) is 2.04. The molecule has 0 aliphatic heterocycles. The van der Waals surface area contributed by atoms with Crippen LogP contribution in [0.5, 0.6) is 0 Å². The molecule has 1 aromatic carbocycles. The molecular weight excluding hydrogens is 222 g/mol. The third kappa shape index (κ3) is 3.79. The van der Waals surface area contributed by atoms with E-state index in [1.54, 1.807) is 30.5 Å². The first kappa shape index (κ1) is 12.9. The topological polar surface area (TPSA) is 34.1 Å². The summed E-state index contributed by atoms with van der Waals surface area (Å²) in [5.41, 5.74) is 1.05. The Morgan fingerprint density at radius 1 is 1.06 bits per heavy atom. The minimum Gasteiger partial charge on any atom is -0.304 e. The van der Waals surface area contributed by atoms with Crippen LogP contribution in [-0.2, 0) is 9.84 Å². The number of hydrogen-bond acceptors (Lipinski definition) is 2. The zero-order chi connectivity index (χ0) is 12.4. The van der Waals surface area contributed by atoms with Gasteiger partial charge in [-0.25, -0.2) is 8.42 Å². The van der Waals surface area contributed by atoms with Crippen LogP contribution in [0.3, 0.4) is 0 Å². The molecule has 1 rings (SSSR count). The average molecular weight is 240 g/mol. The fraction of sp³-hybridized carbons (Fsp3) is 0.333. The van der Waals surface area contributed by atoms with Crippen molar-refractivity contribution in [2.75, 3.05) is 21.1 Å². The molecule has 0 fully saturated rings. The van der Waals surface area contributed by atoms with Gasteiger partial charge in [-0.15, -0.1) is 0 Å². The van der Waals surface area contributed by atoms with Gasteiger partial charge in [0, 0.05) is 0 Å². The number of nitrogens with zero attached hydrogens (tertiary/aromatic N) is 1. The predicted octanol–water partition coefficient (Wildman–Crippen LogP) is 1.95. The Morgan fingerprint density at radius 3 is 2.00 bits per heavy atom. The number of rotatable bonds is 3. The lowest BCUT2D eigenvalue weighted by Crippen LogP contribution is -2.27. The van der Waals surface area contributed by atoms with E-state index in [1.165, 1.54) is 5.41 Å². The molecule has 0 amide bonds. The molecule has 0 N–H and O–H groups in total. The zero-order valence-corrected chi connectivity index (χ0v) is 11.0. The van der Waals surface area contributed by atoms with Crippen molar-refractivity contribution < 1.29 is 12.9 Å². The fourth-order valence-corrected chi connectivity index (χ4v) is 2.27. The van der Waals surface area contributed by atoms with Crippen molar-refractivity contribution in [2.45, 2.75) is 11.8 Å². The Bertz CT molecular complexity index is 479. The molecule has 0 radical (unpaired) electrons. The lowest BCUT2D eigenvalue weighted by Gasteiger charge is -2.17. The third-order valence-corrected chi connectivity index (χ3v) is 3.45. The fourth-order valence-electron chi connectivity index (χ4n) is 1.07. The molecule has 3 nitrogen and oxygen atoms in total. The summed E-state index contributed by atoms with van der Waals surface area (Å²) in [5, 5.41) is 1.26. The molecule has 0 aliphatic rings. The summed E-state index contributed by atoms with van der Waals surface area (Å²) in [6, 6.07) is 6.86. The van der Waals surface area contributed by atoms with Gasteiger partial charge in [0.25, 0.3) is 0 Å². The SMILES string of the molecule is Cc1ccc(S(=O)(=O)/C=C/[N+](C)(C)C)cc1. The standard InChI is InChI=1S/C12H18NO2S/c1-11-5-7-12(8-6-11)16(14,15)10-9-13(2,3)4/h5-10H,1-4H3/q+1/b10-9+. The second kappa shape index (κ2) is 4.39. The molecule has 16 heavy (non-hydrogen) atoms. The molecule has 0 bridgehead atoms. The Balaban J connectivity index is 3.04. The largest absolute Gasteiger partial charge is 0.304 e. The summed E-state index contributed by atoms with van der Waals surface area (Å²) in [4.78, 5) is 0.336. The molecule has 0 unspecified atom stereocenters. The lowest BCUT2D eigenvalue weighted by atomic mass is 10.2. The lowest BCUT2D eigenvalue weighted by molar-refractivity contribution is -0.817. The van der Waals surface area contributed by atoms with Gasteiger partial charge in [-0.1, -0.05) is 17.7 Å². The molecular formula is C12H18NO2S+. The maximum absolute atomic E-state index is 11.9. The Labute approximate surface area is 97.5 Å². The molecule has 1 aromatic rings. The first-order valence-electron chi connectivity index (χ1n) is 5.03. The minimum absolute atomic E-state index is 0.336. The number of benzene rings is 1. The van der Waals surface area contributed by atoms with E-state index in [9.17, 15) is 8.42 Å². The van der Waals surface area contributed by atoms with Crippen molar-refractivity contribution >= 4 is 9.84 Å². The van der Waals surface area contributed by atoms with E-state index in [-0.39, 0.29) is 0 Å². The van der Waals surface area contributed by atoms with Gasteiger partial charge >= 0.3 is 0 Å². The molecule has 0 heterocycles. The van der Waals surface area contributed by atoms with Crippen LogP contribution < -0.4 is 0 Å². The van der Waals surface area contributed by atoms with Crippen LogP contribution in [0.1, 0.15) is 5.56 Å². The van der Waals surface area contributed by atoms with Crippen LogP contribution in [0.25, 0.3) is 0 Å². The molecule has 0 aromatic heterocycles. The molecule has 4 heteroatoms. The molecule has 88 valence electrons. The van der Waals surface area contributed by atoms with E-state index in [4.69, 9.17) is 0 Å². The predicted molar refractivity (Wildman–Crippen MR) is 65.5 cm³/mol. The first-order chi connectivity index (χ1) is 7.21. The maximum atomic E-state index is 11.9. The number of hydrogen-bond donors (Lipinski definition) is 0. The van der Waals surface area contributed by atoms with Crippen LogP contribution in [0.2, 0.25) is 0 Å². The molecule has 0 aliphatic carbocycles. The van der Waals surface area contributed by atoms with Crippen molar-refractivity contribution in [3.8, 4) is 0 Å². The molecule has 0 atom stereocenters. The number of quaternary nitrogens is 1.